The number of nitrogens with one attached hydrogen (secondary N) is 1. The van der Waals surface area contributed by atoms with Crippen LogP contribution in [0.25, 0.3) is 0 Å². The van der Waals surface area contributed by atoms with Gasteiger partial charge in [0.1, 0.15) is 12.4 Å². The highest BCUT2D eigenvalue weighted by molar-refractivity contribution is 5.34. The van der Waals surface area contributed by atoms with Gasteiger partial charge in [-0.3, -0.25) is 9.97 Å². The molecule has 0 radical (unpaired) electrons. The molecule has 1 aliphatic carbocycles. The molecule has 0 aliphatic heterocycles. The molecule has 4 heteroatoms. The Kier molecular flexibility index (Phi) is 4.70. The van der Waals surface area contributed by atoms with Crippen LogP contribution >= 0.6 is 0 Å². The fourth-order valence-electron chi connectivity index (χ4n) is 3.00. The molecular formula is C21H21N3O. The Hall–Kier alpha value is -2.72. The first-order valence-corrected chi connectivity index (χ1v) is 8.63. The van der Waals surface area contributed by atoms with E-state index in [9.17, 15) is 0 Å². The standard InChI is InChI=1S/C21H21N3O/c1-2-4-16(5-3-1)15-25-19-8-6-17(7-9-19)20-12-21(20)24-14-18-13-22-10-11-23-18/h1-11,13,20-21,24H,12,14-15H2/t20-,21+/m0/s1. The first-order chi connectivity index (χ1) is 12.4. The van der Waals surface area contributed by atoms with Crippen molar-refractivity contribution in [1.29, 1.82) is 0 Å². The summed E-state index contributed by atoms with van der Waals surface area (Å²) in [5.74, 6) is 1.50. The second-order valence-electron chi connectivity index (χ2n) is 6.37. The van der Waals surface area contributed by atoms with Crippen LogP contribution in [0.2, 0.25) is 0 Å². The molecule has 2 atom stereocenters. The van der Waals surface area contributed by atoms with E-state index in [1.807, 2.05) is 24.4 Å². The maximum absolute atomic E-state index is 5.85. The minimum atomic E-state index is 0.526. The van der Waals surface area contributed by atoms with Crippen molar-refractivity contribution < 1.29 is 4.74 Å². The summed E-state index contributed by atoms with van der Waals surface area (Å²) in [6.45, 7) is 1.37. The molecule has 1 fully saturated rings. The number of rotatable bonds is 7. The van der Waals surface area contributed by atoms with Crippen LogP contribution in [-0.2, 0) is 13.2 Å². The lowest BCUT2D eigenvalue weighted by molar-refractivity contribution is 0.306. The van der Waals surface area contributed by atoms with Crippen LogP contribution in [0.4, 0.5) is 0 Å². The fraction of sp³-hybridized carbons (Fsp3) is 0.238. The predicted octanol–water partition coefficient (Wildman–Crippen LogP) is 3.70. The van der Waals surface area contributed by atoms with Crippen molar-refractivity contribution in [2.45, 2.75) is 31.5 Å². The molecule has 1 aromatic heterocycles. The number of aromatic nitrogens is 2. The second-order valence-corrected chi connectivity index (χ2v) is 6.37. The van der Waals surface area contributed by atoms with E-state index in [1.54, 1.807) is 12.4 Å². The van der Waals surface area contributed by atoms with Gasteiger partial charge in [0, 0.05) is 37.1 Å². The number of ether oxygens (including phenoxy) is 1. The molecule has 4 nitrogen and oxygen atoms in total. The summed E-state index contributed by atoms with van der Waals surface area (Å²) >= 11 is 0. The Morgan fingerprint density at radius 3 is 2.60 bits per heavy atom. The van der Waals surface area contributed by atoms with Crippen molar-refractivity contribution in [3.63, 3.8) is 0 Å². The summed E-state index contributed by atoms with van der Waals surface area (Å²) in [6.07, 6.45) is 6.41. The summed E-state index contributed by atoms with van der Waals surface area (Å²) in [7, 11) is 0. The zero-order valence-electron chi connectivity index (χ0n) is 14.0. The Morgan fingerprint density at radius 2 is 1.84 bits per heavy atom. The topological polar surface area (TPSA) is 47.0 Å². The molecule has 0 bridgehead atoms. The van der Waals surface area contributed by atoms with Crippen LogP contribution in [0.3, 0.4) is 0 Å². The zero-order chi connectivity index (χ0) is 16.9. The Balaban J connectivity index is 1.27. The van der Waals surface area contributed by atoms with Gasteiger partial charge in [-0.1, -0.05) is 42.5 Å². The van der Waals surface area contributed by atoms with Gasteiger partial charge in [0.2, 0.25) is 0 Å². The third-order valence-electron chi connectivity index (χ3n) is 4.51. The number of hydrogen-bond donors (Lipinski definition) is 1. The molecule has 0 spiro atoms. The van der Waals surface area contributed by atoms with Crippen molar-refractivity contribution in [3.05, 3.63) is 90.0 Å². The maximum atomic E-state index is 5.85. The second kappa shape index (κ2) is 7.45. The Morgan fingerprint density at radius 1 is 1.00 bits per heavy atom. The van der Waals surface area contributed by atoms with Crippen molar-refractivity contribution in [2.75, 3.05) is 0 Å². The van der Waals surface area contributed by atoms with E-state index in [0.29, 0.717) is 18.6 Å². The van der Waals surface area contributed by atoms with Crippen LogP contribution in [0.1, 0.15) is 29.2 Å². The maximum Gasteiger partial charge on any atom is 0.119 e. The molecule has 4 rings (SSSR count). The van der Waals surface area contributed by atoms with Gasteiger partial charge in [-0.25, -0.2) is 0 Å². The van der Waals surface area contributed by atoms with Gasteiger partial charge in [-0.15, -0.1) is 0 Å². The molecule has 2 aromatic carbocycles. The van der Waals surface area contributed by atoms with Gasteiger partial charge in [0.25, 0.3) is 0 Å². The molecular weight excluding hydrogens is 310 g/mol. The molecule has 126 valence electrons. The van der Waals surface area contributed by atoms with E-state index in [4.69, 9.17) is 4.74 Å². The number of benzene rings is 2. The third-order valence-corrected chi connectivity index (χ3v) is 4.51. The summed E-state index contributed by atoms with van der Waals surface area (Å²) in [6, 6.07) is 19.2. The third kappa shape index (κ3) is 4.22. The van der Waals surface area contributed by atoms with Gasteiger partial charge in [-0.05, 0) is 29.7 Å². The van der Waals surface area contributed by atoms with Gasteiger partial charge in [0.05, 0.1) is 5.69 Å². The van der Waals surface area contributed by atoms with E-state index in [0.717, 1.165) is 18.0 Å². The molecule has 25 heavy (non-hydrogen) atoms. The lowest BCUT2D eigenvalue weighted by atomic mass is 10.1. The Labute approximate surface area is 147 Å². The van der Waals surface area contributed by atoms with Crippen LogP contribution in [0, 0.1) is 0 Å². The highest BCUT2D eigenvalue weighted by atomic mass is 16.5. The van der Waals surface area contributed by atoms with Crippen molar-refractivity contribution in [2.24, 2.45) is 0 Å². The average Bonchev–Trinajstić information content (AvgIpc) is 3.47. The van der Waals surface area contributed by atoms with Crippen molar-refractivity contribution in [3.8, 4) is 5.75 Å². The summed E-state index contributed by atoms with van der Waals surface area (Å²) in [4.78, 5) is 8.38. The fourth-order valence-corrected chi connectivity index (χ4v) is 3.00. The van der Waals surface area contributed by atoms with E-state index < -0.39 is 0 Å². The molecule has 0 unspecified atom stereocenters. The Bertz CT molecular complexity index is 790. The van der Waals surface area contributed by atoms with Crippen LogP contribution in [-0.4, -0.2) is 16.0 Å². The highest BCUT2D eigenvalue weighted by Gasteiger charge is 2.37. The van der Waals surface area contributed by atoms with Crippen LogP contribution in [0.5, 0.6) is 5.75 Å². The van der Waals surface area contributed by atoms with Crippen molar-refractivity contribution in [1.82, 2.24) is 15.3 Å². The molecule has 0 amide bonds. The van der Waals surface area contributed by atoms with Crippen LogP contribution in [0.15, 0.2) is 73.2 Å². The molecule has 1 N–H and O–H groups in total. The lowest BCUT2D eigenvalue weighted by Gasteiger charge is -2.08. The SMILES string of the molecule is c1ccc(COc2ccc([C@@H]3C[C@H]3NCc3cnccn3)cc2)cc1. The summed E-state index contributed by atoms with van der Waals surface area (Å²) in [5.41, 5.74) is 3.53. The quantitative estimate of drug-likeness (QED) is 0.717. The lowest BCUT2D eigenvalue weighted by Crippen LogP contribution is -2.18. The highest BCUT2D eigenvalue weighted by Crippen LogP contribution is 2.41. The normalized spacial score (nSPS) is 18.7. The number of nitrogens with zero attached hydrogens (tertiary/aromatic N) is 2. The van der Waals surface area contributed by atoms with Gasteiger partial charge < -0.3 is 10.1 Å². The molecule has 3 aromatic rings. The smallest absolute Gasteiger partial charge is 0.119 e. The van der Waals surface area contributed by atoms with E-state index >= 15 is 0 Å². The molecule has 0 saturated heterocycles. The molecule has 1 saturated carbocycles. The van der Waals surface area contributed by atoms with Gasteiger partial charge >= 0.3 is 0 Å². The zero-order valence-corrected chi connectivity index (χ0v) is 14.0. The minimum Gasteiger partial charge on any atom is -0.489 e. The monoisotopic (exact) mass is 331 g/mol. The van der Waals surface area contributed by atoms with Gasteiger partial charge in [-0.2, -0.15) is 0 Å². The summed E-state index contributed by atoms with van der Waals surface area (Å²) < 4.78 is 5.85. The van der Waals surface area contributed by atoms with Crippen molar-refractivity contribution >= 4 is 0 Å². The van der Waals surface area contributed by atoms with E-state index in [-0.39, 0.29) is 0 Å². The average molecular weight is 331 g/mol. The molecule has 1 heterocycles. The minimum absolute atomic E-state index is 0.526. The first-order valence-electron chi connectivity index (χ1n) is 8.63. The first kappa shape index (κ1) is 15.8. The predicted molar refractivity (Wildman–Crippen MR) is 97.2 cm³/mol. The van der Waals surface area contributed by atoms with E-state index in [2.05, 4.69) is 51.7 Å². The summed E-state index contributed by atoms with van der Waals surface area (Å²) in [5, 5.41) is 3.55. The van der Waals surface area contributed by atoms with E-state index in [1.165, 1.54) is 17.5 Å². The molecule has 1 aliphatic rings. The largest absolute Gasteiger partial charge is 0.489 e. The van der Waals surface area contributed by atoms with Gasteiger partial charge in [0.15, 0.2) is 0 Å². The van der Waals surface area contributed by atoms with Crippen LogP contribution < -0.4 is 10.1 Å². The number of hydrogen-bond acceptors (Lipinski definition) is 4.